The smallest absolute Gasteiger partial charge is 0.0931 e. The molecule has 0 saturated heterocycles. The molecule has 0 atom stereocenters. The van der Waals surface area contributed by atoms with Gasteiger partial charge in [0, 0.05) is 11.9 Å². The molecule has 2 N–H and O–H groups in total. The zero-order valence-electron chi connectivity index (χ0n) is 11.2. The van der Waals surface area contributed by atoms with Gasteiger partial charge in [0.05, 0.1) is 37.5 Å². The SMILES string of the molecule is Cc1nc2cc(N(C)Cc3ccc(Cl)s3)c(N)cc2s1. The van der Waals surface area contributed by atoms with Crippen LogP contribution in [0.1, 0.15) is 9.88 Å². The molecular weight excluding hydrogens is 310 g/mol. The van der Waals surface area contributed by atoms with E-state index in [1.807, 2.05) is 32.2 Å². The van der Waals surface area contributed by atoms with Gasteiger partial charge in [0.15, 0.2) is 0 Å². The molecule has 0 aliphatic carbocycles. The number of fused-ring (bicyclic) bond motifs is 1. The Morgan fingerprint density at radius 3 is 2.80 bits per heavy atom. The van der Waals surface area contributed by atoms with Gasteiger partial charge in [-0.3, -0.25) is 0 Å². The van der Waals surface area contributed by atoms with Gasteiger partial charge >= 0.3 is 0 Å². The van der Waals surface area contributed by atoms with Crippen molar-refractivity contribution >= 4 is 55.9 Å². The Hall–Kier alpha value is -1.30. The molecule has 0 saturated carbocycles. The first-order chi connectivity index (χ1) is 9.52. The van der Waals surface area contributed by atoms with Crippen molar-refractivity contribution in [1.29, 1.82) is 0 Å². The molecule has 3 rings (SSSR count). The normalized spacial score (nSPS) is 11.2. The van der Waals surface area contributed by atoms with Crippen LogP contribution < -0.4 is 10.6 Å². The Bertz CT molecular complexity index is 763. The molecule has 0 amide bonds. The van der Waals surface area contributed by atoms with Crippen LogP contribution in [0.2, 0.25) is 4.34 Å². The number of benzene rings is 1. The zero-order chi connectivity index (χ0) is 14.3. The van der Waals surface area contributed by atoms with Crippen molar-refractivity contribution in [2.24, 2.45) is 0 Å². The maximum Gasteiger partial charge on any atom is 0.0931 e. The van der Waals surface area contributed by atoms with Crippen LogP contribution in [0, 0.1) is 6.92 Å². The average Bonchev–Trinajstić information content (AvgIpc) is 2.93. The predicted molar refractivity (Wildman–Crippen MR) is 90.2 cm³/mol. The van der Waals surface area contributed by atoms with Crippen molar-refractivity contribution in [3.8, 4) is 0 Å². The molecule has 0 unspecified atom stereocenters. The van der Waals surface area contributed by atoms with Crippen LogP contribution >= 0.6 is 34.3 Å². The second kappa shape index (κ2) is 5.24. The van der Waals surface area contributed by atoms with Gasteiger partial charge in [-0.1, -0.05) is 11.6 Å². The Balaban J connectivity index is 1.93. The van der Waals surface area contributed by atoms with Crippen molar-refractivity contribution in [2.45, 2.75) is 13.5 Å². The predicted octanol–water partition coefficient (Wildman–Crippen LogP) is 4.54. The number of nitrogens with two attached hydrogens (primary N) is 1. The van der Waals surface area contributed by atoms with Crippen LogP contribution in [-0.2, 0) is 6.54 Å². The fourth-order valence-electron chi connectivity index (χ4n) is 2.18. The van der Waals surface area contributed by atoms with Crippen LogP contribution in [0.25, 0.3) is 10.2 Å². The van der Waals surface area contributed by atoms with Crippen molar-refractivity contribution in [3.05, 3.63) is 38.5 Å². The maximum absolute atomic E-state index is 6.17. The van der Waals surface area contributed by atoms with E-state index in [0.717, 1.165) is 37.5 Å². The molecule has 3 aromatic rings. The summed E-state index contributed by atoms with van der Waals surface area (Å²) < 4.78 is 1.95. The number of anilines is 2. The molecule has 0 spiro atoms. The van der Waals surface area contributed by atoms with Crippen molar-refractivity contribution in [2.75, 3.05) is 17.7 Å². The summed E-state index contributed by atoms with van der Waals surface area (Å²) in [5, 5.41) is 1.06. The van der Waals surface area contributed by atoms with E-state index in [1.54, 1.807) is 22.7 Å². The number of halogens is 1. The quantitative estimate of drug-likeness (QED) is 0.720. The molecule has 6 heteroatoms. The number of nitrogen functional groups attached to an aromatic ring is 1. The monoisotopic (exact) mass is 323 g/mol. The second-order valence-electron chi connectivity index (χ2n) is 4.67. The van der Waals surface area contributed by atoms with Gasteiger partial charge in [-0.25, -0.2) is 4.98 Å². The lowest BCUT2D eigenvalue weighted by molar-refractivity contribution is 0.943. The van der Waals surface area contributed by atoms with Crippen molar-refractivity contribution in [3.63, 3.8) is 0 Å². The molecule has 20 heavy (non-hydrogen) atoms. The summed E-state index contributed by atoms with van der Waals surface area (Å²) in [6, 6.07) is 8.04. The molecule has 2 heterocycles. The average molecular weight is 324 g/mol. The highest BCUT2D eigenvalue weighted by molar-refractivity contribution is 7.18. The van der Waals surface area contributed by atoms with E-state index in [9.17, 15) is 0 Å². The summed E-state index contributed by atoms with van der Waals surface area (Å²) in [7, 11) is 2.03. The third-order valence-corrected chi connectivity index (χ3v) is 5.23. The second-order valence-corrected chi connectivity index (χ2v) is 7.71. The summed E-state index contributed by atoms with van der Waals surface area (Å²) in [6.07, 6.45) is 0. The number of thiazole rings is 1. The Morgan fingerprint density at radius 2 is 2.10 bits per heavy atom. The third-order valence-electron chi connectivity index (χ3n) is 3.08. The van der Waals surface area contributed by atoms with Crippen LogP contribution in [0.3, 0.4) is 0 Å². The van der Waals surface area contributed by atoms with Crippen LogP contribution in [0.4, 0.5) is 11.4 Å². The highest BCUT2D eigenvalue weighted by Crippen LogP contribution is 2.33. The highest BCUT2D eigenvalue weighted by atomic mass is 35.5. The molecule has 2 aromatic heterocycles. The number of hydrogen-bond donors (Lipinski definition) is 1. The molecule has 1 aromatic carbocycles. The number of hydrogen-bond acceptors (Lipinski definition) is 5. The summed E-state index contributed by atoms with van der Waals surface area (Å²) in [5.74, 6) is 0. The number of thiophene rings is 1. The van der Waals surface area contributed by atoms with Gasteiger partial charge in [0.25, 0.3) is 0 Å². The first-order valence-electron chi connectivity index (χ1n) is 6.15. The van der Waals surface area contributed by atoms with E-state index in [2.05, 4.69) is 16.0 Å². The molecule has 0 fully saturated rings. The topological polar surface area (TPSA) is 42.2 Å². The van der Waals surface area contributed by atoms with Gasteiger partial charge in [0.2, 0.25) is 0 Å². The summed E-state index contributed by atoms with van der Waals surface area (Å²) in [6.45, 7) is 2.80. The fraction of sp³-hybridized carbons (Fsp3) is 0.214. The molecule has 3 nitrogen and oxygen atoms in total. The van der Waals surface area contributed by atoms with Gasteiger partial charge < -0.3 is 10.6 Å². The van der Waals surface area contributed by atoms with E-state index in [1.165, 1.54) is 4.88 Å². The summed E-state index contributed by atoms with van der Waals surface area (Å²) >= 11 is 9.23. The largest absolute Gasteiger partial charge is 0.397 e. The van der Waals surface area contributed by atoms with Crippen molar-refractivity contribution in [1.82, 2.24) is 4.98 Å². The van der Waals surface area contributed by atoms with E-state index in [0.29, 0.717) is 0 Å². The number of rotatable bonds is 3. The van der Waals surface area contributed by atoms with Gasteiger partial charge in [-0.05, 0) is 31.2 Å². The molecule has 0 aliphatic rings. The van der Waals surface area contributed by atoms with E-state index < -0.39 is 0 Å². The summed E-state index contributed by atoms with van der Waals surface area (Å²) in [5.41, 5.74) is 8.97. The number of aromatic nitrogens is 1. The summed E-state index contributed by atoms with van der Waals surface area (Å²) in [4.78, 5) is 7.87. The standard InChI is InChI=1S/C14H14ClN3S2/c1-8-17-11-6-12(10(16)5-13(11)19-8)18(2)7-9-3-4-14(15)20-9/h3-6H,7,16H2,1-2H3. The lowest BCUT2D eigenvalue weighted by Gasteiger charge is -2.20. The van der Waals surface area contributed by atoms with E-state index >= 15 is 0 Å². The Labute approximate surface area is 130 Å². The number of aryl methyl sites for hydroxylation is 1. The van der Waals surface area contributed by atoms with Crippen LogP contribution in [0.15, 0.2) is 24.3 Å². The minimum atomic E-state index is 0.784. The van der Waals surface area contributed by atoms with Crippen molar-refractivity contribution < 1.29 is 0 Å². The third kappa shape index (κ3) is 2.61. The van der Waals surface area contributed by atoms with Crippen LogP contribution in [-0.4, -0.2) is 12.0 Å². The lowest BCUT2D eigenvalue weighted by atomic mass is 10.2. The van der Waals surface area contributed by atoms with E-state index in [-0.39, 0.29) is 0 Å². The highest BCUT2D eigenvalue weighted by Gasteiger charge is 2.11. The molecular formula is C14H14ClN3S2. The van der Waals surface area contributed by atoms with Gasteiger partial charge in [0.1, 0.15) is 0 Å². The Morgan fingerprint density at radius 1 is 1.30 bits per heavy atom. The lowest BCUT2D eigenvalue weighted by Crippen LogP contribution is -2.17. The minimum Gasteiger partial charge on any atom is -0.397 e. The first kappa shape index (κ1) is 13.7. The molecule has 0 aliphatic heterocycles. The Kier molecular flexibility index (Phi) is 3.58. The fourth-order valence-corrected chi connectivity index (χ4v) is 4.18. The maximum atomic E-state index is 6.17. The minimum absolute atomic E-state index is 0.784. The molecule has 104 valence electrons. The zero-order valence-corrected chi connectivity index (χ0v) is 13.6. The van der Waals surface area contributed by atoms with Gasteiger partial charge in [-0.2, -0.15) is 0 Å². The first-order valence-corrected chi connectivity index (χ1v) is 8.16. The number of nitrogens with zero attached hydrogens (tertiary/aromatic N) is 2. The van der Waals surface area contributed by atoms with E-state index in [4.69, 9.17) is 17.3 Å². The molecule has 0 bridgehead atoms. The van der Waals surface area contributed by atoms with Gasteiger partial charge in [-0.15, -0.1) is 22.7 Å². The molecule has 0 radical (unpaired) electrons. The van der Waals surface area contributed by atoms with Crippen LogP contribution in [0.5, 0.6) is 0 Å².